The molecule has 9 nitrogen and oxygen atoms in total. The number of aromatic nitrogens is 4. The van der Waals surface area contributed by atoms with Crippen LogP contribution in [0.3, 0.4) is 0 Å². The van der Waals surface area contributed by atoms with Crippen LogP contribution in [0.15, 0.2) is 30.5 Å². The number of aryl methyl sites for hydroxylation is 1. The number of benzene rings is 1. The molecule has 0 aliphatic carbocycles. The number of ether oxygens (including phenoxy) is 1. The summed E-state index contributed by atoms with van der Waals surface area (Å²) in [5, 5.41) is 14.4. The zero-order valence-corrected chi connectivity index (χ0v) is 13.7. The van der Waals surface area contributed by atoms with Crippen molar-refractivity contribution in [2.75, 3.05) is 17.7 Å². The Labute approximate surface area is 142 Å². The maximum atomic E-state index is 12.4. The fourth-order valence-electron chi connectivity index (χ4n) is 2.29. The Morgan fingerprint density at radius 2 is 2.12 bits per heavy atom. The molecule has 0 saturated heterocycles. The molecule has 0 aliphatic heterocycles. The third-order valence-corrected chi connectivity index (χ3v) is 3.45. The summed E-state index contributed by atoms with van der Waals surface area (Å²) < 4.78 is 6.11. The van der Waals surface area contributed by atoms with Crippen LogP contribution in [0.4, 0.5) is 11.5 Å². The smallest absolute Gasteiger partial charge is 0.343 e. The van der Waals surface area contributed by atoms with Crippen LogP contribution in [0.2, 0.25) is 0 Å². The van der Waals surface area contributed by atoms with E-state index in [-0.39, 0.29) is 29.3 Å². The van der Waals surface area contributed by atoms with Crippen molar-refractivity contribution < 1.29 is 14.3 Å². The number of hydrogen-bond acceptors (Lipinski definition) is 7. The van der Waals surface area contributed by atoms with Crippen molar-refractivity contribution in [3.8, 4) is 0 Å². The molecular weight excluding hydrogens is 324 g/mol. The van der Waals surface area contributed by atoms with Gasteiger partial charge in [0.05, 0.1) is 12.8 Å². The van der Waals surface area contributed by atoms with Crippen LogP contribution in [-0.2, 0) is 4.74 Å². The number of carbonyl (C=O) groups excluding carboxylic acids is 2. The number of hydrogen-bond donors (Lipinski definition) is 2. The molecule has 0 spiro atoms. The number of amides is 1. The van der Waals surface area contributed by atoms with Gasteiger partial charge in [-0.15, -0.1) is 10.2 Å². The van der Waals surface area contributed by atoms with Crippen molar-refractivity contribution in [2.45, 2.75) is 13.8 Å². The van der Waals surface area contributed by atoms with E-state index in [4.69, 9.17) is 10.5 Å². The maximum absolute atomic E-state index is 12.4. The van der Waals surface area contributed by atoms with Gasteiger partial charge in [-0.05, 0) is 31.5 Å². The molecule has 25 heavy (non-hydrogen) atoms. The first-order valence-corrected chi connectivity index (χ1v) is 7.56. The lowest BCUT2D eigenvalue weighted by atomic mass is 10.2. The number of fused-ring (bicyclic) bond motifs is 1. The normalized spacial score (nSPS) is 10.6. The molecule has 3 rings (SSSR count). The van der Waals surface area contributed by atoms with E-state index in [1.165, 1.54) is 10.7 Å². The van der Waals surface area contributed by atoms with Crippen LogP contribution in [0.1, 0.15) is 33.3 Å². The fraction of sp³-hybridized carbons (Fsp3) is 0.188. The molecule has 1 aromatic carbocycles. The SMILES string of the molecule is CCOC(=O)c1cnn2c(N)c(C(=O)Nc3cccc(C)c3)nnc12. The molecule has 0 bridgehead atoms. The van der Waals surface area contributed by atoms with E-state index >= 15 is 0 Å². The highest BCUT2D eigenvalue weighted by Gasteiger charge is 2.21. The second-order valence-electron chi connectivity index (χ2n) is 5.27. The molecule has 3 N–H and O–H groups in total. The summed E-state index contributed by atoms with van der Waals surface area (Å²) in [6.07, 6.45) is 1.28. The third kappa shape index (κ3) is 3.11. The quantitative estimate of drug-likeness (QED) is 0.688. The van der Waals surface area contributed by atoms with Gasteiger partial charge in [0.15, 0.2) is 17.2 Å². The molecule has 0 saturated carbocycles. The first-order chi connectivity index (χ1) is 12.0. The number of nitrogens with two attached hydrogens (primary N) is 1. The Bertz CT molecular complexity index is 966. The maximum Gasteiger partial charge on any atom is 0.343 e. The van der Waals surface area contributed by atoms with Crippen molar-refractivity contribution in [3.05, 3.63) is 47.3 Å². The fourth-order valence-corrected chi connectivity index (χ4v) is 2.29. The summed E-state index contributed by atoms with van der Waals surface area (Å²) in [4.78, 5) is 24.3. The lowest BCUT2D eigenvalue weighted by Crippen LogP contribution is -2.19. The van der Waals surface area contributed by atoms with Crippen LogP contribution in [-0.4, -0.2) is 38.3 Å². The van der Waals surface area contributed by atoms with E-state index < -0.39 is 11.9 Å². The Balaban J connectivity index is 1.94. The number of carbonyl (C=O) groups is 2. The largest absolute Gasteiger partial charge is 0.462 e. The van der Waals surface area contributed by atoms with Gasteiger partial charge < -0.3 is 15.8 Å². The highest BCUT2D eigenvalue weighted by Crippen LogP contribution is 2.17. The van der Waals surface area contributed by atoms with Gasteiger partial charge in [0.2, 0.25) is 0 Å². The predicted octanol–water partition coefficient (Wildman–Crippen LogP) is 1.44. The zero-order chi connectivity index (χ0) is 18.0. The van der Waals surface area contributed by atoms with Gasteiger partial charge in [-0.2, -0.15) is 9.61 Å². The second kappa shape index (κ2) is 6.56. The third-order valence-electron chi connectivity index (χ3n) is 3.45. The highest BCUT2D eigenvalue weighted by atomic mass is 16.5. The molecule has 1 amide bonds. The predicted molar refractivity (Wildman–Crippen MR) is 90.3 cm³/mol. The van der Waals surface area contributed by atoms with Crippen molar-refractivity contribution in [1.82, 2.24) is 19.8 Å². The molecule has 0 aliphatic rings. The van der Waals surface area contributed by atoms with E-state index in [9.17, 15) is 9.59 Å². The molecule has 128 valence electrons. The van der Waals surface area contributed by atoms with E-state index in [2.05, 4.69) is 20.6 Å². The molecule has 2 aromatic heterocycles. The van der Waals surface area contributed by atoms with E-state index in [0.29, 0.717) is 5.69 Å². The van der Waals surface area contributed by atoms with Gasteiger partial charge in [-0.1, -0.05) is 12.1 Å². The van der Waals surface area contributed by atoms with E-state index in [0.717, 1.165) is 5.56 Å². The number of nitrogens with zero attached hydrogens (tertiary/aromatic N) is 4. The zero-order valence-electron chi connectivity index (χ0n) is 13.7. The first-order valence-electron chi connectivity index (χ1n) is 7.56. The molecule has 0 unspecified atom stereocenters. The molecule has 0 radical (unpaired) electrons. The Morgan fingerprint density at radius 3 is 2.84 bits per heavy atom. The van der Waals surface area contributed by atoms with Gasteiger partial charge in [-0.25, -0.2) is 4.79 Å². The van der Waals surface area contributed by atoms with Gasteiger partial charge in [0, 0.05) is 5.69 Å². The van der Waals surface area contributed by atoms with Gasteiger partial charge >= 0.3 is 5.97 Å². The second-order valence-corrected chi connectivity index (χ2v) is 5.27. The van der Waals surface area contributed by atoms with Gasteiger partial charge in [-0.3, -0.25) is 4.79 Å². The number of nitrogen functional groups attached to an aromatic ring is 1. The summed E-state index contributed by atoms with van der Waals surface area (Å²) in [7, 11) is 0. The van der Waals surface area contributed by atoms with Gasteiger partial charge in [0.25, 0.3) is 5.91 Å². The van der Waals surface area contributed by atoms with Gasteiger partial charge in [0.1, 0.15) is 5.56 Å². The number of rotatable bonds is 4. The summed E-state index contributed by atoms with van der Waals surface area (Å²) in [6.45, 7) is 3.82. The molecular formula is C16H16N6O3. The van der Waals surface area contributed by atoms with Crippen molar-refractivity contribution in [1.29, 1.82) is 0 Å². The molecule has 9 heteroatoms. The molecule has 0 fully saturated rings. The molecule has 2 heterocycles. The monoisotopic (exact) mass is 340 g/mol. The minimum absolute atomic E-state index is 0.0225. The van der Waals surface area contributed by atoms with Crippen LogP contribution >= 0.6 is 0 Å². The lowest BCUT2D eigenvalue weighted by molar-refractivity contribution is 0.0528. The summed E-state index contributed by atoms with van der Waals surface area (Å²) in [5.74, 6) is -1.13. The molecule has 0 atom stereocenters. The van der Waals surface area contributed by atoms with Crippen molar-refractivity contribution >= 4 is 29.0 Å². The average molecular weight is 340 g/mol. The lowest BCUT2D eigenvalue weighted by Gasteiger charge is -2.08. The highest BCUT2D eigenvalue weighted by molar-refractivity contribution is 6.06. The minimum atomic E-state index is -0.580. The van der Waals surface area contributed by atoms with Crippen LogP contribution in [0.25, 0.3) is 5.65 Å². The van der Waals surface area contributed by atoms with E-state index in [1.807, 2.05) is 25.1 Å². The summed E-state index contributed by atoms with van der Waals surface area (Å²) >= 11 is 0. The Morgan fingerprint density at radius 1 is 1.32 bits per heavy atom. The summed E-state index contributed by atoms with van der Waals surface area (Å²) in [5.41, 5.74) is 7.75. The van der Waals surface area contributed by atoms with Crippen LogP contribution in [0, 0.1) is 6.92 Å². The number of nitrogens with one attached hydrogen (secondary N) is 1. The van der Waals surface area contributed by atoms with Crippen molar-refractivity contribution in [3.63, 3.8) is 0 Å². The minimum Gasteiger partial charge on any atom is -0.462 e. The van der Waals surface area contributed by atoms with Crippen LogP contribution < -0.4 is 11.1 Å². The first kappa shape index (κ1) is 16.4. The standard InChI is InChI=1S/C16H16N6O3/c1-3-25-16(24)11-8-18-22-13(17)12(20-21-14(11)22)15(23)19-10-6-4-5-9(2)7-10/h4-8H,3,17H2,1-2H3,(H,19,23). The van der Waals surface area contributed by atoms with Crippen molar-refractivity contribution in [2.24, 2.45) is 0 Å². The molecule has 3 aromatic rings. The Kier molecular flexibility index (Phi) is 4.29. The van der Waals surface area contributed by atoms with Crippen LogP contribution in [0.5, 0.6) is 0 Å². The van der Waals surface area contributed by atoms with E-state index in [1.54, 1.807) is 13.0 Å². The summed E-state index contributed by atoms with van der Waals surface area (Å²) in [6, 6.07) is 7.30. The average Bonchev–Trinajstić information content (AvgIpc) is 3.00. The topological polar surface area (TPSA) is 124 Å². The number of esters is 1. The number of anilines is 2. The Hall–Kier alpha value is -3.49.